The van der Waals surface area contributed by atoms with Crippen LogP contribution in [0.1, 0.15) is 54.1 Å². The number of aromatic nitrogens is 3. The maximum Gasteiger partial charge on any atom is 0.308 e. The highest BCUT2D eigenvalue weighted by molar-refractivity contribution is 6.36. The molecule has 8 heteroatoms. The molecule has 0 radical (unpaired) electrons. The summed E-state index contributed by atoms with van der Waals surface area (Å²) < 4.78 is 7.59. The minimum absolute atomic E-state index is 0.00671. The van der Waals surface area contributed by atoms with E-state index < -0.39 is 6.04 Å². The Kier molecular flexibility index (Phi) is 7.16. The first-order valence-electron chi connectivity index (χ1n) is 11.8. The first kappa shape index (κ1) is 24.2. The van der Waals surface area contributed by atoms with E-state index >= 15 is 0 Å². The Bertz CT molecular complexity index is 1430. The molecule has 0 fully saturated rings. The van der Waals surface area contributed by atoms with Gasteiger partial charge in [0.15, 0.2) is 5.82 Å². The Balaban J connectivity index is 1.60. The molecule has 4 aromatic rings. The molecule has 1 aliphatic heterocycles. The lowest BCUT2D eigenvalue weighted by Gasteiger charge is -2.14. The second kappa shape index (κ2) is 10.6. The summed E-state index contributed by atoms with van der Waals surface area (Å²) >= 11 is 13.1. The van der Waals surface area contributed by atoms with E-state index in [9.17, 15) is 4.79 Å². The summed E-state index contributed by atoms with van der Waals surface area (Å²) in [6.07, 6.45) is 1.62. The van der Waals surface area contributed by atoms with Crippen LogP contribution in [0.2, 0.25) is 10.0 Å². The molecule has 3 aromatic carbocycles. The van der Waals surface area contributed by atoms with E-state index in [0.29, 0.717) is 21.6 Å². The SMILES string of the molecule is CCCc1nnc2n1-c1ccc(Cl)cc1C(c1ccccc1Cl)=NC2CC(=O)OCc1ccccc1. The largest absolute Gasteiger partial charge is 0.461 e. The maximum atomic E-state index is 13.0. The number of hydrogen-bond acceptors (Lipinski definition) is 5. The lowest BCUT2D eigenvalue weighted by molar-refractivity contribution is -0.145. The van der Waals surface area contributed by atoms with Gasteiger partial charge in [0.1, 0.15) is 18.5 Å². The molecule has 1 aliphatic rings. The van der Waals surface area contributed by atoms with Crippen molar-refractivity contribution in [3.63, 3.8) is 0 Å². The lowest BCUT2D eigenvalue weighted by Crippen LogP contribution is -2.13. The van der Waals surface area contributed by atoms with Crippen molar-refractivity contribution in [2.75, 3.05) is 0 Å². The number of nitrogens with zero attached hydrogens (tertiary/aromatic N) is 4. The van der Waals surface area contributed by atoms with Gasteiger partial charge in [-0.15, -0.1) is 10.2 Å². The second-order valence-corrected chi connectivity index (χ2v) is 9.39. The van der Waals surface area contributed by atoms with Gasteiger partial charge in [-0.3, -0.25) is 14.4 Å². The molecule has 0 N–H and O–H groups in total. The zero-order valence-electron chi connectivity index (χ0n) is 19.7. The Hall–Kier alpha value is -3.48. The van der Waals surface area contributed by atoms with E-state index in [2.05, 4.69) is 17.1 Å². The molecule has 1 unspecified atom stereocenters. The Morgan fingerprint density at radius 1 is 0.972 bits per heavy atom. The van der Waals surface area contributed by atoms with Crippen LogP contribution in [0.4, 0.5) is 0 Å². The van der Waals surface area contributed by atoms with Gasteiger partial charge in [0.2, 0.25) is 0 Å². The number of ether oxygens (including phenoxy) is 1. The van der Waals surface area contributed by atoms with Gasteiger partial charge in [0, 0.05) is 27.6 Å². The highest BCUT2D eigenvalue weighted by Gasteiger charge is 2.31. The van der Waals surface area contributed by atoms with Crippen LogP contribution in [0.25, 0.3) is 5.69 Å². The van der Waals surface area contributed by atoms with Crippen molar-refractivity contribution in [2.24, 2.45) is 4.99 Å². The van der Waals surface area contributed by atoms with E-state index in [1.807, 2.05) is 77.4 Å². The van der Waals surface area contributed by atoms with Gasteiger partial charge in [-0.1, -0.05) is 78.7 Å². The van der Waals surface area contributed by atoms with E-state index in [1.165, 1.54) is 0 Å². The Morgan fingerprint density at radius 3 is 2.53 bits per heavy atom. The van der Waals surface area contributed by atoms with Crippen LogP contribution in [-0.2, 0) is 22.6 Å². The van der Waals surface area contributed by atoms with Gasteiger partial charge in [0.25, 0.3) is 0 Å². The normalized spacial score (nSPS) is 14.4. The predicted octanol–water partition coefficient (Wildman–Crippen LogP) is 6.55. The van der Waals surface area contributed by atoms with Gasteiger partial charge in [-0.2, -0.15) is 0 Å². The van der Waals surface area contributed by atoms with Gasteiger partial charge in [-0.05, 0) is 36.2 Å². The quantitative estimate of drug-likeness (QED) is 0.260. The zero-order valence-corrected chi connectivity index (χ0v) is 21.2. The molecule has 0 saturated carbocycles. The van der Waals surface area contributed by atoms with Crippen LogP contribution in [-0.4, -0.2) is 26.4 Å². The molecule has 1 atom stereocenters. The van der Waals surface area contributed by atoms with Gasteiger partial charge in [-0.25, -0.2) is 0 Å². The molecule has 6 nitrogen and oxygen atoms in total. The highest BCUT2D eigenvalue weighted by atomic mass is 35.5. The lowest BCUT2D eigenvalue weighted by atomic mass is 10.00. The van der Waals surface area contributed by atoms with Crippen LogP contribution < -0.4 is 0 Å². The topological polar surface area (TPSA) is 69.4 Å². The van der Waals surface area contributed by atoms with Gasteiger partial charge < -0.3 is 4.74 Å². The summed E-state index contributed by atoms with van der Waals surface area (Å²) in [5, 5.41) is 10.1. The summed E-state index contributed by atoms with van der Waals surface area (Å²) in [5.41, 5.74) is 3.96. The molecule has 0 bridgehead atoms. The average molecular weight is 519 g/mol. The minimum Gasteiger partial charge on any atom is -0.461 e. The average Bonchev–Trinajstić information content (AvgIpc) is 3.24. The fraction of sp³-hybridized carbons (Fsp3) is 0.214. The summed E-state index contributed by atoms with van der Waals surface area (Å²) in [4.78, 5) is 18.0. The molecule has 2 heterocycles. The molecule has 0 spiro atoms. The van der Waals surface area contributed by atoms with Crippen molar-refractivity contribution >= 4 is 34.9 Å². The number of rotatable bonds is 7. The molecule has 0 amide bonds. The first-order chi connectivity index (χ1) is 17.5. The van der Waals surface area contributed by atoms with Crippen LogP contribution >= 0.6 is 23.2 Å². The summed E-state index contributed by atoms with van der Waals surface area (Å²) in [6.45, 7) is 2.28. The number of esters is 1. The van der Waals surface area contributed by atoms with Gasteiger partial charge in [0.05, 0.1) is 17.8 Å². The number of hydrogen-bond donors (Lipinski definition) is 0. The molecule has 0 aliphatic carbocycles. The van der Waals surface area contributed by atoms with Crippen LogP contribution in [0, 0.1) is 0 Å². The molecule has 182 valence electrons. The van der Waals surface area contributed by atoms with E-state index in [-0.39, 0.29) is 19.0 Å². The molecular weight excluding hydrogens is 495 g/mol. The van der Waals surface area contributed by atoms with Crippen LogP contribution in [0.3, 0.4) is 0 Å². The molecular formula is C28H24Cl2N4O2. The Labute approximate surface area is 219 Å². The number of aryl methyl sites for hydroxylation is 1. The molecule has 36 heavy (non-hydrogen) atoms. The van der Waals surface area contributed by atoms with Crippen molar-refractivity contribution in [3.8, 4) is 5.69 Å². The van der Waals surface area contributed by atoms with Crippen molar-refractivity contribution < 1.29 is 9.53 Å². The smallest absolute Gasteiger partial charge is 0.308 e. The monoisotopic (exact) mass is 518 g/mol. The van der Waals surface area contributed by atoms with Crippen molar-refractivity contribution in [2.45, 2.75) is 38.8 Å². The third-order valence-corrected chi connectivity index (χ3v) is 6.56. The number of halogens is 2. The minimum atomic E-state index is -0.621. The van der Waals surface area contributed by atoms with E-state index in [4.69, 9.17) is 32.9 Å². The standard InChI is InChI=1S/C28H24Cl2N4O2/c1-2-8-25-32-33-28-23(16-26(35)36-17-18-9-4-3-5-10-18)31-27(20-11-6-7-12-22(20)30)21-15-19(29)13-14-24(21)34(25)28/h3-7,9-15,23H,2,8,16-17H2,1H3. The fourth-order valence-electron chi connectivity index (χ4n) is 4.33. The maximum absolute atomic E-state index is 13.0. The molecule has 0 saturated heterocycles. The fourth-order valence-corrected chi connectivity index (χ4v) is 4.73. The molecule has 1 aromatic heterocycles. The highest BCUT2D eigenvalue weighted by Crippen LogP contribution is 2.35. The summed E-state index contributed by atoms with van der Waals surface area (Å²) in [7, 11) is 0. The van der Waals surface area contributed by atoms with E-state index in [1.54, 1.807) is 0 Å². The third kappa shape index (κ3) is 4.92. The van der Waals surface area contributed by atoms with Crippen LogP contribution in [0.15, 0.2) is 77.8 Å². The van der Waals surface area contributed by atoms with E-state index in [0.717, 1.165) is 41.0 Å². The van der Waals surface area contributed by atoms with Crippen molar-refractivity contribution in [1.29, 1.82) is 0 Å². The predicted molar refractivity (Wildman–Crippen MR) is 141 cm³/mol. The van der Waals surface area contributed by atoms with Crippen molar-refractivity contribution in [3.05, 3.63) is 111 Å². The first-order valence-corrected chi connectivity index (χ1v) is 12.6. The Morgan fingerprint density at radius 2 is 1.75 bits per heavy atom. The number of carbonyl (C=O) groups excluding carboxylic acids is 1. The number of aliphatic imine (C=N–C) groups is 1. The van der Waals surface area contributed by atoms with Crippen molar-refractivity contribution in [1.82, 2.24) is 14.8 Å². The zero-order chi connectivity index (χ0) is 25.1. The number of carbonyl (C=O) groups is 1. The number of benzene rings is 3. The van der Waals surface area contributed by atoms with Crippen LogP contribution in [0.5, 0.6) is 0 Å². The molecule has 5 rings (SSSR count). The summed E-state index contributed by atoms with van der Waals surface area (Å²) in [5.74, 6) is 1.01. The van der Waals surface area contributed by atoms with Gasteiger partial charge >= 0.3 is 5.97 Å². The summed E-state index contributed by atoms with van der Waals surface area (Å²) in [6, 6.07) is 22.1. The second-order valence-electron chi connectivity index (χ2n) is 8.55. The third-order valence-electron chi connectivity index (χ3n) is 6.00. The number of fused-ring (bicyclic) bond motifs is 3.